The number of nitrogen functional groups attached to an aromatic ring is 1. The van der Waals surface area contributed by atoms with Gasteiger partial charge in [-0.2, -0.15) is 0 Å². The van der Waals surface area contributed by atoms with Crippen LogP contribution in [-0.4, -0.2) is 23.3 Å². The van der Waals surface area contributed by atoms with Crippen molar-refractivity contribution in [2.75, 3.05) is 6.54 Å². The minimum absolute atomic E-state index is 0.0773. The number of hydrogen-bond donors (Lipinski definition) is 2. The topological polar surface area (TPSA) is 53.1 Å². The van der Waals surface area contributed by atoms with Gasteiger partial charge in [0, 0.05) is 23.2 Å². The third-order valence-electron chi connectivity index (χ3n) is 5.10. The van der Waals surface area contributed by atoms with Gasteiger partial charge in [0.1, 0.15) is 5.84 Å². The van der Waals surface area contributed by atoms with Gasteiger partial charge >= 0.3 is 0 Å². The second-order valence-corrected chi connectivity index (χ2v) is 6.85. The van der Waals surface area contributed by atoms with Crippen molar-refractivity contribution in [3.63, 3.8) is 0 Å². The zero-order valence-corrected chi connectivity index (χ0v) is 13.2. The van der Waals surface area contributed by atoms with Gasteiger partial charge in [-0.25, -0.2) is 0 Å². The Balaban J connectivity index is 1.71. The molecule has 1 aromatic rings. The molecule has 3 N–H and O–H groups in total. The van der Waals surface area contributed by atoms with Crippen LogP contribution in [0.3, 0.4) is 0 Å². The minimum atomic E-state index is 0.0773. The lowest BCUT2D eigenvalue weighted by molar-refractivity contribution is 0.183. The maximum Gasteiger partial charge on any atom is 0.122 e. The number of nitrogens with one attached hydrogen (secondary N) is 1. The molecule has 1 aliphatic heterocycles. The molecule has 1 atom stereocenters. The maximum atomic E-state index is 7.48. The predicted molar refractivity (Wildman–Crippen MR) is 87.9 cm³/mol. The summed E-state index contributed by atoms with van der Waals surface area (Å²) in [5.74, 6) is 0.969. The summed E-state index contributed by atoms with van der Waals surface area (Å²) < 4.78 is 0. The lowest BCUT2D eigenvalue weighted by Gasteiger charge is -2.29. The van der Waals surface area contributed by atoms with Crippen molar-refractivity contribution >= 4 is 17.4 Å². The standard InChI is InChI=1S/C17H24ClN3/c18-15-10-13(17(19)20)7-8-14(15)11-21-9-3-6-16(21)12-4-1-2-5-12/h7-8,10,12,16H,1-6,9,11H2,(H3,19,20). The van der Waals surface area contributed by atoms with E-state index in [1.807, 2.05) is 18.2 Å². The Hall–Kier alpha value is -1.06. The molecule has 3 nitrogen and oxygen atoms in total. The van der Waals surface area contributed by atoms with E-state index in [0.717, 1.165) is 29.1 Å². The van der Waals surface area contributed by atoms with Crippen LogP contribution in [0.5, 0.6) is 0 Å². The van der Waals surface area contributed by atoms with Crippen LogP contribution < -0.4 is 5.73 Å². The summed E-state index contributed by atoms with van der Waals surface area (Å²) in [5.41, 5.74) is 7.38. The smallest absolute Gasteiger partial charge is 0.122 e. The lowest BCUT2D eigenvalue weighted by atomic mass is 9.95. The highest BCUT2D eigenvalue weighted by Crippen LogP contribution is 2.36. The number of likely N-dealkylation sites (tertiary alicyclic amines) is 1. The predicted octanol–water partition coefficient (Wildman–Crippen LogP) is 3.78. The Labute approximate surface area is 132 Å². The van der Waals surface area contributed by atoms with Crippen LogP contribution in [0.1, 0.15) is 49.7 Å². The van der Waals surface area contributed by atoms with Gasteiger partial charge in [0.25, 0.3) is 0 Å². The van der Waals surface area contributed by atoms with E-state index < -0.39 is 0 Å². The summed E-state index contributed by atoms with van der Waals surface area (Å²) in [6.07, 6.45) is 8.26. The second kappa shape index (κ2) is 6.37. The highest BCUT2D eigenvalue weighted by atomic mass is 35.5. The molecular weight excluding hydrogens is 282 g/mol. The molecule has 4 heteroatoms. The zero-order chi connectivity index (χ0) is 14.8. The van der Waals surface area contributed by atoms with E-state index in [0.29, 0.717) is 5.56 Å². The summed E-state index contributed by atoms with van der Waals surface area (Å²) in [7, 11) is 0. The van der Waals surface area contributed by atoms with Crippen molar-refractivity contribution < 1.29 is 0 Å². The summed E-state index contributed by atoms with van der Waals surface area (Å²) >= 11 is 6.38. The van der Waals surface area contributed by atoms with Crippen molar-refractivity contribution in [2.45, 2.75) is 51.1 Å². The lowest BCUT2D eigenvalue weighted by Crippen LogP contribution is -2.34. The molecule has 21 heavy (non-hydrogen) atoms. The highest BCUT2D eigenvalue weighted by molar-refractivity contribution is 6.31. The molecule has 1 aliphatic carbocycles. The number of amidine groups is 1. The fourth-order valence-electron chi connectivity index (χ4n) is 3.99. The maximum absolute atomic E-state index is 7.48. The largest absolute Gasteiger partial charge is 0.384 e. The fourth-order valence-corrected chi connectivity index (χ4v) is 4.23. The van der Waals surface area contributed by atoms with E-state index in [-0.39, 0.29) is 5.84 Å². The van der Waals surface area contributed by atoms with Gasteiger partial charge in [-0.3, -0.25) is 10.3 Å². The van der Waals surface area contributed by atoms with Gasteiger partial charge in [0.05, 0.1) is 0 Å². The van der Waals surface area contributed by atoms with Gasteiger partial charge in [0.15, 0.2) is 0 Å². The number of hydrogen-bond acceptors (Lipinski definition) is 2. The summed E-state index contributed by atoms with van der Waals surface area (Å²) in [6.45, 7) is 2.12. The van der Waals surface area contributed by atoms with Crippen LogP contribution in [0, 0.1) is 11.3 Å². The molecule has 1 saturated heterocycles. The molecule has 0 aromatic heterocycles. The number of nitrogens with zero attached hydrogens (tertiary/aromatic N) is 1. The summed E-state index contributed by atoms with van der Waals surface area (Å²) in [4.78, 5) is 2.62. The van der Waals surface area contributed by atoms with Gasteiger partial charge in [-0.05, 0) is 49.8 Å². The van der Waals surface area contributed by atoms with Crippen LogP contribution in [0.4, 0.5) is 0 Å². The molecule has 2 aliphatic rings. The molecular formula is C17H24ClN3. The van der Waals surface area contributed by atoms with E-state index in [1.165, 1.54) is 45.1 Å². The molecule has 1 saturated carbocycles. The molecule has 0 bridgehead atoms. The number of rotatable bonds is 4. The van der Waals surface area contributed by atoms with Crippen LogP contribution >= 0.6 is 11.6 Å². The van der Waals surface area contributed by atoms with Crippen molar-refractivity contribution in [2.24, 2.45) is 11.7 Å². The first-order chi connectivity index (χ1) is 10.1. The Bertz CT molecular complexity index is 523. The second-order valence-electron chi connectivity index (χ2n) is 6.44. The van der Waals surface area contributed by atoms with Crippen molar-refractivity contribution in [1.82, 2.24) is 4.90 Å². The average molecular weight is 306 g/mol. The van der Waals surface area contributed by atoms with Crippen LogP contribution in [0.2, 0.25) is 5.02 Å². The minimum Gasteiger partial charge on any atom is -0.384 e. The fraction of sp³-hybridized carbons (Fsp3) is 0.588. The molecule has 0 spiro atoms. The molecule has 2 fully saturated rings. The third kappa shape index (κ3) is 3.24. The van der Waals surface area contributed by atoms with Crippen molar-refractivity contribution in [3.05, 3.63) is 34.3 Å². The summed E-state index contributed by atoms with van der Waals surface area (Å²) in [5, 5.41) is 8.22. The van der Waals surface area contributed by atoms with E-state index in [9.17, 15) is 0 Å². The monoisotopic (exact) mass is 305 g/mol. The Kier molecular flexibility index (Phi) is 4.51. The first-order valence-electron chi connectivity index (χ1n) is 8.02. The van der Waals surface area contributed by atoms with E-state index in [1.54, 1.807) is 0 Å². The third-order valence-corrected chi connectivity index (χ3v) is 5.45. The average Bonchev–Trinajstić information content (AvgIpc) is 3.11. The Morgan fingerprint density at radius 3 is 2.67 bits per heavy atom. The van der Waals surface area contributed by atoms with Crippen LogP contribution in [0.25, 0.3) is 0 Å². The number of nitrogens with two attached hydrogens (primary N) is 1. The molecule has 0 radical (unpaired) electrons. The van der Waals surface area contributed by atoms with Gasteiger partial charge in [-0.15, -0.1) is 0 Å². The highest BCUT2D eigenvalue weighted by Gasteiger charge is 2.33. The number of halogens is 1. The summed E-state index contributed by atoms with van der Waals surface area (Å²) in [6, 6.07) is 6.50. The first kappa shape index (κ1) is 14.9. The van der Waals surface area contributed by atoms with E-state index in [2.05, 4.69) is 4.90 Å². The van der Waals surface area contributed by atoms with Gasteiger partial charge < -0.3 is 5.73 Å². The quantitative estimate of drug-likeness (QED) is 0.657. The SMILES string of the molecule is N=C(N)c1ccc(CN2CCCC2C2CCCC2)c(Cl)c1. The number of benzene rings is 1. The van der Waals surface area contributed by atoms with Gasteiger partial charge in [-0.1, -0.05) is 36.6 Å². The molecule has 1 aromatic carbocycles. The van der Waals surface area contributed by atoms with Crippen LogP contribution in [0.15, 0.2) is 18.2 Å². The molecule has 114 valence electrons. The van der Waals surface area contributed by atoms with E-state index in [4.69, 9.17) is 22.7 Å². The van der Waals surface area contributed by atoms with Gasteiger partial charge in [0.2, 0.25) is 0 Å². The normalized spacial score (nSPS) is 23.8. The molecule has 3 rings (SSSR count). The molecule has 1 heterocycles. The first-order valence-corrected chi connectivity index (χ1v) is 8.40. The van der Waals surface area contributed by atoms with Crippen molar-refractivity contribution in [3.8, 4) is 0 Å². The zero-order valence-electron chi connectivity index (χ0n) is 12.4. The molecule has 1 unspecified atom stereocenters. The Morgan fingerprint density at radius 1 is 1.24 bits per heavy atom. The van der Waals surface area contributed by atoms with Crippen molar-refractivity contribution in [1.29, 1.82) is 5.41 Å². The Morgan fingerprint density at radius 2 is 2.00 bits per heavy atom. The van der Waals surface area contributed by atoms with E-state index >= 15 is 0 Å². The van der Waals surface area contributed by atoms with Crippen LogP contribution in [-0.2, 0) is 6.54 Å². The molecule has 0 amide bonds.